The third-order valence-corrected chi connectivity index (χ3v) is 7.72. The van der Waals surface area contributed by atoms with Crippen molar-refractivity contribution in [2.75, 3.05) is 0 Å². The number of hydrogen-bond donors (Lipinski definition) is 0. The maximum absolute atomic E-state index is 13.4. The lowest BCUT2D eigenvalue weighted by Gasteiger charge is -2.33. The summed E-state index contributed by atoms with van der Waals surface area (Å²) in [4.78, 5) is 38.0. The molecule has 0 N–H and O–H groups in total. The summed E-state index contributed by atoms with van der Waals surface area (Å²) in [6.45, 7) is 7.76. The Bertz CT molecular complexity index is 1020. The molecule has 1 aromatic rings. The van der Waals surface area contributed by atoms with Gasteiger partial charge in [-0.05, 0) is 86.5 Å². The summed E-state index contributed by atoms with van der Waals surface area (Å²) in [6.07, 6.45) is 18.9. The van der Waals surface area contributed by atoms with Crippen molar-refractivity contribution < 1.29 is 14.4 Å². The summed E-state index contributed by atoms with van der Waals surface area (Å²) >= 11 is 0. The average molecular weight is 475 g/mol. The molecule has 0 spiro atoms. The average Bonchev–Trinajstić information content (AvgIpc) is 2.93. The zero-order valence-electron chi connectivity index (χ0n) is 22.1. The van der Waals surface area contributed by atoms with Crippen LogP contribution in [0.5, 0.6) is 0 Å². The SMILES string of the molecule is CCCC(CC1CC(=O)c2c(C)ccc(/C3=C/C/C=C\C=C/CC3)c2C1)C(CC)C(=O)CC(C)=O. The van der Waals surface area contributed by atoms with Gasteiger partial charge in [0.05, 0.1) is 6.42 Å². The fourth-order valence-electron chi connectivity index (χ4n) is 6.17. The molecule has 0 heterocycles. The van der Waals surface area contributed by atoms with E-state index in [4.69, 9.17) is 0 Å². The summed E-state index contributed by atoms with van der Waals surface area (Å²) < 4.78 is 0. The van der Waals surface area contributed by atoms with Gasteiger partial charge in [-0.15, -0.1) is 0 Å². The van der Waals surface area contributed by atoms with Crippen LogP contribution in [-0.2, 0) is 16.0 Å². The highest BCUT2D eigenvalue weighted by Crippen LogP contribution is 2.39. The molecule has 3 heteroatoms. The summed E-state index contributed by atoms with van der Waals surface area (Å²) in [5.41, 5.74) is 5.78. The van der Waals surface area contributed by atoms with Gasteiger partial charge in [-0.2, -0.15) is 0 Å². The summed E-state index contributed by atoms with van der Waals surface area (Å²) in [6, 6.07) is 4.33. The van der Waals surface area contributed by atoms with E-state index < -0.39 is 0 Å². The van der Waals surface area contributed by atoms with Crippen LogP contribution < -0.4 is 0 Å². The van der Waals surface area contributed by atoms with Crippen LogP contribution in [-0.4, -0.2) is 17.3 Å². The van der Waals surface area contributed by atoms with Crippen LogP contribution in [0.4, 0.5) is 0 Å². The highest BCUT2D eigenvalue weighted by molar-refractivity contribution is 6.01. The molecule has 0 fully saturated rings. The number of carbonyl (C=O) groups excluding carboxylic acids is 3. The molecule has 2 aliphatic rings. The first-order valence-electron chi connectivity index (χ1n) is 13.5. The first-order chi connectivity index (χ1) is 16.8. The molecule has 3 nitrogen and oxygen atoms in total. The molecule has 1 aromatic carbocycles. The lowest BCUT2D eigenvalue weighted by atomic mass is 9.71. The molecule has 35 heavy (non-hydrogen) atoms. The number of benzene rings is 1. The molecular formula is C32H42O3. The topological polar surface area (TPSA) is 51.2 Å². The Labute approximate surface area is 211 Å². The maximum atomic E-state index is 13.4. The molecule has 3 atom stereocenters. The number of fused-ring (bicyclic) bond motifs is 1. The van der Waals surface area contributed by atoms with Crippen LogP contribution in [0, 0.1) is 24.7 Å². The molecule has 0 saturated heterocycles. The van der Waals surface area contributed by atoms with E-state index >= 15 is 0 Å². The van der Waals surface area contributed by atoms with Crippen molar-refractivity contribution in [3.05, 3.63) is 64.8 Å². The first-order valence-corrected chi connectivity index (χ1v) is 13.5. The van der Waals surface area contributed by atoms with Crippen molar-refractivity contribution in [3.63, 3.8) is 0 Å². The Balaban J connectivity index is 1.91. The highest BCUT2D eigenvalue weighted by atomic mass is 16.1. The van der Waals surface area contributed by atoms with Gasteiger partial charge in [0, 0.05) is 17.9 Å². The fraction of sp³-hybridized carbons (Fsp3) is 0.531. The smallest absolute Gasteiger partial charge is 0.163 e. The molecule has 0 saturated carbocycles. The third-order valence-electron chi connectivity index (χ3n) is 7.72. The Morgan fingerprint density at radius 1 is 1.09 bits per heavy atom. The zero-order chi connectivity index (χ0) is 25.4. The zero-order valence-corrected chi connectivity index (χ0v) is 22.1. The molecule has 0 amide bonds. The number of hydrogen-bond acceptors (Lipinski definition) is 3. The lowest BCUT2D eigenvalue weighted by molar-refractivity contribution is -0.129. The van der Waals surface area contributed by atoms with Gasteiger partial charge in [0.2, 0.25) is 0 Å². The molecular weight excluding hydrogens is 432 g/mol. The summed E-state index contributed by atoms with van der Waals surface area (Å²) in [5, 5.41) is 0. The lowest BCUT2D eigenvalue weighted by Crippen LogP contribution is -2.30. The van der Waals surface area contributed by atoms with Gasteiger partial charge in [-0.3, -0.25) is 14.4 Å². The van der Waals surface area contributed by atoms with Crippen LogP contribution in [0.2, 0.25) is 0 Å². The van der Waals surface area contributed by atoms with Gasteiger partial charge in [-0.1, -0.05) is 69.2 Å². The Morgan fingerprint density at radius 2 is 1.86 bits per heavy atom. The monoisotopic (exact) mass is 474 g/mol. The van der Waals surface area contributed by atoms with Crippen molar-refractivity contribution in [1.82, 2.24) is 0 Å². The van der Waals surface area contributed by atoms with Gasteiger partial charge in [0.25, 0.3) is 0 Å². The molecule has 0 bridgehead atoms. The van der Waals surface area contributed by atoms with E-state index in [2.05, 4.69) is 63.3 Å². The second-order valence-electron chi connectivity index (χ2n) is 10.5. The molecule has 2 aliphatic carbocycles. The Morgan fingerprint density at radius 3 is 2.57 bits per heavy atom. The van der Waals surface area contributed by atoms with Crippen LogP contribution in [0.1, 0.15) is 106 Å². The molecule has 0 aliphatic heterocycles. The Hall–Kier alpha value is -2.55. The van der Waals surface area contributed by atoms with E-state index in [0.29, 0.717) is 6.42 Å². The van der Waals surface area contributed by atoms with Crippen molar-refractivity contribution >= 4 is 22.9 Å². The van der Waals surface area contributed by atoms with Crippen LogP contribution in [0.3, 0.4) is 0 Å². The van der Waals surface area contributed by atoms with Gasteiger partial charge < -0.3 is 0 Å². The largest absolute Gasteiger partial charge is 0.300 e. The van der Waals surface area contributed by atoms with Gasteiger partial charge in [-0.25, -0.2) is 0 Å². The number of aryl methyl sites for hydroxylation is 1. The second kappa shape index (κ2) is 13.0. The molecule has 0 aromatic heterocycles. The minimum Gasteiger partial charge on any atom is -0.300 e. The van der Waals surface area contributed by atoms with Crippen LogP contribution in [0.25, 0.3) is 5.57 Å². The number of ketones is 3. The van der Waals surface area contributed by atoms with Crippen molar-refractivity contribution in [3.8, 4) is 0 Å². The van der Waals surface area contributed by atoms with Crippen molar-refractivity contribution in [2.24, 2.45) is 17.8 Å². The number of carbonyl (C=O) groups is 3. The van der Waals surface area contributed by atoms with Gasteiger partial charge in [0.15, 0.2) is 5.78 Å². The normalized spacial score (nSPS) is 23.0. The third kappa shape index (κ3) is 6.99. The second-order valence-corrected chi connectivity index (χ2v) is 10.5. The first kappa shape index (κ1) is 27.0. The van der Waals surface area contributed by atoms with Crippen molar-refractivity contribution in [2.45, 2.75) is 91.9 Å². The van der Waals surface area contributed by atoms with E-state index in [9.17, 15) is 14.4 Å². The van der Waals surface area contributed by atoms with E-state index in [1.54, 1.807) is 0 Å². The highest BCUT2D eigenvalue weighted by Gasteiger charge is 2.34. The van der Waals surface area contributed by atoms with E-state index in [0.717, 1.165) is 62.5 Å². The minimum absolute atomic E-state index is 0.0333. The van der Waals surface area contributed by atoms with Crippen LogP contribution >= 0.6 is 0 Å². The predicted molar refractivity (Wildman–Crippen MR) is 145 cm³/mol. The molecule has 0 radical (unpaired) electrons. The van der Waals surface area contributed by atoms with Crippen molar-refractivity contribution in [1.29, 1.82) is 0 Å². The number of allylic oxidation sites excluding steroid dienone is 6. The van der Waals surface area contributed by atoms with Gasteiger partial charge >= 0.3 is 0 Å². The summed E-state index contributed by atoms with van der Waals surface area (Å²) in [5.74, 6) is 0.639. The minimum atomic E-state index is -0.0945. The Kier molecular flexibility index (Phi) is 10.0. The predicted octanol–water partition coefficient (Wildman–Crippen LogP) is 7.80. The fourth-order valence-corrected chi connectivity index (χ4v) is 6.17. The standard InChI is InChI=1S/C32H42O3/c1-5-13-26(27(6-2)30(34)18-23(4)33)19-24-20-29-28(17-16-22(3)32(29)31(35)21-24)25-14-11-9-7-8-10-12-15-25/h7-10,14,16-17,24,26-27H,5-6,11-13,15,18-21H2,1-4H3/b9-7-,10-8-,25-14+. The quantitative estimate of drug-likeness (QED) is 0.325. The van der Waals surface area contributed by atoms with E-state index in [-0.39, 0.29) is 41.5 Å². The summed E-state index contributed by atoms with van der Waals surface area (Å²) in [7, 11) is 0. The van der Waals surface area contributed by atoms with Gasteiger partial charge in [0.1, 0.15) is 11.6 Å². The van der Waals surface area contributed by atoms with E-state index in [1.165, 1.54) is 23.6 Å². The number of rotatable bonds is 10. The molecule has 3 unspecified atom stereocenters. The number of Topliss-reactive ketones (excluding diaryl/α,β-unsaturated/α-hetero) is 3. The molecule has 188 valence electrons. The molecule has 3 rings (SSSR count). The van der Waals surface area contributed by atoms with E-state index in [1.807, 2.05) is 0 Å². The van der Waals surface area contributed by atoms with Crippen LogP contribution in [0.15, 0.2) is 42.5 Å². The maximum Gasteiger partial charge on any atom is 0.163 e.